The Hall–Kier alpha value is -12.1. The van der Waals surface area contributed by atoms with E-state index in [2.05, 4.69) is 419 Å². The van der Waals surface area contributed by atoms with E-state index in [9.17, 15) is 0 Å². The Labute approximate surface area is 615 Å². The van der Waals surface area contributed by atoms with Gasteiger partial charge in [0.1, 0.15) is 0 Å². The Morgan fingerprint density at radius 2 is 0.731 bits per heavy atom. The predicted molar refractivity (Wildman–Crippen MR) is 445 cm³/mol. The highest BCUT2D eigenvalue weighted by Crippen LogP contribution is 2.54. The first-order chi connectivity index (χ1) is 50.9. The van der Waals surface area contributed by atoms with Crippen LogP contribution in [0, 0.1) is 0 Å². The minimum Gasteiger partial charge on any atom is -0.310 e. The summed E-state index contributed by atoms with van der Waals surface area (Å²) < 4.78 is 2.50. The Morgan fingerprint density at radius 3 is 1.22 bits per heavy atom. The van der Waals surface area contributed by atoms with Gasteiger partial charge in [0.05, 0.1) is 16.7 Å². The van der Waals surface area contributed by atoms with Crippen LogP contribution in [0.4, 0.5) is 51.2 Å². The lowest BCUT2D eigenvalue weighted by atomic mass is 9.34. The number of hydrogen-bond donors (Lipinski definition) is 0. The van der Waals surface area contributed by atoms with Gasteiger partial charge in [-0.15, -0.1) is 0 Å². The van der Waals surface area contributed by atoms with E-state index in [4.69, 9.17) is 0 Å². The minimum absolute atomic E-state index is 0.0408. The number of anilines is 9. The van der Waals surface area contributed by atoms with Crippen molar-refractivity contribution in [3.05, 3.63) is 369 Å². The van der Waals surface area contributed by atoms with Crippen molar-refractivity contribution in [2.45, 2.75) is 62.2 Å². The van der Waals surface area contributed by atoms with Crippen LogP contribution in [0.5, 0.6) is 0 Å². The molecule has 0 aliphatic carbocycles. The maximum Gasteiger partial charge on any atom is 0.249 e. The van der Waals surface area contributed by atoms with Gasteiger partial charge in [-0.25, -0.2) is 0 Å². The van der Waals surface area contributed by atoms with Gasteiger partial charge in [-0.3, -0.25) is 0 Å². The first-order valence-corrected chi connectivity index (χ1v) is 37.1. The maximum absolute atomic E-state index is 2.69. The summed E-state index contributed by atoms with van der Waals surface area (Å²) in [6, 6.07) is 134. The smallest absolute Gasteiger partial charge is 0.249 e. The molecule has 104 heavy (non-hydrogen) atoms. The van der Waals surface area contributed by atoms with E-state index < -0.39 is 0 Å². The van der Waals surface area contributed by atoms with Gasteiger partial charge in [0.15, 0.2) is 0 Å². The molecular formula is C98H77BN4S. The number of nitrogens with zero attached hydrogens (tertiary/aromatic N) is 4. The van der Waals surface area contributed by atoms with Crippen molar-refractivity contribution in [3.63, 3.8) is 0 Å². The number of rotatable bonds is 13. The second-order valence-corrected chi connectivity index (χ2v) is 30.7. The van der Waals surface area contributed by atoms with Gasteiger partial charge in [-0.2, -0.15) is 0 Å². The summed E-state index contributed by atoms with van der Waals surface area (Å²) >= 11 is 1.93. The molecule has 3 heterocycles. The Kier molecular flexibility index (Phi) is 16.1. The summed E-state index contributed by atoms with van der Waals surface area (Å²) in [5.74, 6) is 0. The molecule has 6 heteroatoms. The van der Waals surface area contributed by atoms with E-state index in [1.165, 1.54) is 75.9 Å². The topological polar surface area (TPSA) is 14.7 Å². The molecule has 0 bridgehead atoms. The third kappa shape index (κ3) is 11.5. The maximum atomic E-state index is 2.69. The highest BCUT2D eigenvalue weighted by Gasteiger charge is 2.44. The molecule has 2 aliphatic heterocycles. The minimum atomic E-state index is -0.208. The summed E-state index contributed by atoms with van der Waals surface area (Å²) in [4.78, 5) is 10.0. The lowest BCUT2D eigenvalue weighted by Crippen LogP contribution is -2.60. The number of fused-ring (bicyclic) bond motifs is 8. The van der Waals surface area contributed by atoms with Crippen LogP contribution in [0.25, 0.3) is 83.1 Å². The van der Waals surface area contributed by atoms with Crippen molar-refractivity contribution in [1.82, 2.24) is 4.57 Å². The van der Waals surface area contributed by atoms with Crippen LogP contribution >= 0.6 is 11.8 Å². The standard InChI is InChI=1S/C98H77BN4S/c1-97(2,3)74-50-45-68(46-51-74)83-43-28-44-84(69-47-52-75(53-48-69)98(4,5)6)95(83)103-90-63-81(100(76-33-18-9-19-34-76)77-35-20-10-21-36-77)54-55-86(90)99-87-56-58-89-93(96(87)104-92-65-82(64-91(103)94(92)99)101(78-37-22-11-23-38-78)79-39-24-12-25-40-79)85-62-70(49-57-88(85)102(89)80-41-26-13-27-42-80)73-60-71(66-29-14-7-15-30-66)59-72(61-73)67-31-16-8-17-32-67/h7-65H,1-6H3. The van der Waals surface area contributed by atoms with E-state index in [0.29, 0.717) is 0 Å². The van der Waals surface area contributed by atoms with Crippen molar-refractivity contribution in [3.8, 4) is 61.3 Å². The molecule has 0 spiro atoms. The van der Waals surface area contributed by atoms with Crippen molar-refractivity contribution in [2.24, 2.45) is 0 Å². The van der Waals surface area contributed by atoms with Gasteiger partial charge in [0, 0.05) is 82.9 Å². The van der Waals surface area contributed by atoms with E-state index in [0.717, 1.165) is 95.7 Å². The fourth-order valence-corrected chi connectivity index (χ4v) is 17.3. The molecule has 0 saturated heterocycles. The second-order valence-electron chi connectivity index (χ2n) is 29.7. The van der Waals surface area contributed by atoms with Gasteiger partial charge < -0.3 is 19.3 Å². The van der Waals surface area contributed by atoms with E-state index in [1.54, 1.807) is 0 Å². The van der Waals surface area contributed by atoms with Gasteiger partial charge in [0.2, 0.25) is 6.71 Å². The third-order valence-corrected chi connectivity index (χ3v) is 22.3. The Morgan fingerprint density at radius 1 is 0.308 bits per heavy atom. The molecule has 4 nitrogen and oxygen atoms in total. The summed E-state index contributed by atoms with van der Waals surface area (Å²) in [5, 5.41) is 2.44. The Balaban J connectivity index is 0.961. The molecule has 0 radical (unpaired) electrons. The number of aromatic nitrogens is 1. The number of hydrogen-bond acceptors (Lipinski definition) is 4. The van der Waals surface area contributed by atoms with Crippen molar-refractivity contribution >= 4 is 108 Å². The summed E-state index contributed by atoms with van der Waals surface area (Å²) in [7, 11) is 0. The second kappa shape index (κ2) is 26.1. The lowest BCUT2D eigenvalue weighted by Gasteiger charge is -2.43. The molecule has 15 aromatic carbocycles. The highest BCUT2D eigenvalue weighted by molar-refractivity contribution is 8.00. The molecule has 0 N–H and O–H groups in total. The van der Waals surface area contributed by atoms with E-state index in [1.807, 2.05) is 11.8 Å². The molecule has 0 amide bonds. The Bertz CT molecular complexity index is 5660. The third-order valence-electron chi connectivity index (χ3n) is 21.1. The van der Waals surface area contributed by atoms with E-state index >= 15 is 0 Å². The van der Waals surface area contributed by atoms with Crippen molar-refractivity contribution in [2.75, 3.05) is 14.7 Å². The SMILES string of the molecule is CC(C)(C)c1ccc(-c2cccc(-c3ccc(C(C)(C)C)cc3)c2N2c3cc(N(c4ccccc4)c4ccccc4)ccc3B3c4ccc5c(c4Sc4cc(N(c6ccccc6)c6ccccc6)cc2c43)c2cc(-c3cc(-c4ccccc4)cc(-c4ccccc4)c3)ccc2n5-c2ccccc2)cc1. The van der Waals surface area contributed by atoms with Gasteiger partial charge in [-0.1, -0.05) is 295 Å². The molecule has 0 saturated carbocycles. The summed E-state index contributed by atoms with van der Waals surface area (Å²) in [5.41, 5.74) is 31.1. The molecule has 0 fully saturated rings. The average molecular weight is 1350 g/mol. The molecule has 0 atom stereocenters. The largest absolute Gasteiger partial charge is 0.310 e. The number of benzene rings is 15. The lowest BCUT2D eigenvalue weighted by molar-refractivity contribution is 0.590. The molecule has 498 valence electrons. The van der Waals surface area contributed by atoms with Crippen molar-refractivity contribution < 1.29 is 0 Å². The first kappa shape index (κ1) is 64.0. The zero-order valence-electron chi connectivity index (χ0n) is 59.3. The molecule has 16 aromatic rings. The zero-order chi connectivity index (χ0) is 70.2. The van der Waals surface area contributed by atoms with Gasteiger partial charge in [-0.05, 0) is 199 Å². The molecule has 0 unspecified atom stereocenters. The van der Waals surface area contributed by atoms with Crippen LogP contribution < -0.4 is 31.1 Å². The first-order valence-electron chi connectivity index (χ1n) is 36.2. The van der Waals surface area contributed by atoms with E-state index in [-0.39, 0.29) is 17.5 Å². The molecule has 18 rings (SSSR count). The summed E-state index contributed by atoms with van der Waals surface area (Å²) in [6.07, 6.45) is 0. The quantitative estimate of drug-likeness (QED) is 0.107. The monoisotopic (exact) mass is 1350 g/mol. The molecule has 2 aliphatic rings. The normalized spacial score (nSPS) is 12.4. The van der Waals surface area contributed by atoms with Crippen molar-refractivity contribution in [1.29, 1.82) is 0 Å². The average Bonchev–Trinajstić information content (AvgIpc) is 1.11. The van der Waals surface area contributed by atoms with Gasteiger partial charge >= 0.3 is 0 Å². The number of para-hydroxylation sites is 6. The van der Waals surface area contributed by atoms with Crippen LogP contribution in [0.15, 0.2) is 368 Å². The van der Waals surface area contributed by atoms with Crippen LogP contribution in [-0.4, -0.2) is 11.3 Å². The molecule has 1 aromatic heterocycles. The van der Waals surface area contributed by atoms with Crippen LogP contribution in [0.2, 0.25) is 0 Å². The predicted octanol–water partition coefficient (Wildman–Crippen LogP) is 25.4. The van der Waals surface area contributed by atoms with Crippen LogP contribution in [0.3, 0.4) is 0 Å². The van der Waals surface area contributed by atoms with Crippen LogP contribution in [0.1, 0.15) is 52.7 Å². The van der Waals surface area contributed by atoms with Gasteiger partial charge in [0.25, 0.3) is 0 Å². The molecular weight excluding hydrogens is 1280 g/mol. The highest BCUT2D eigenvalue weighted by atomic mass is 32.2. The fourth-order valence-electron chi connectivity index (χ4n) is 16.0. The zero-order valence-corrected chi connectivity index (χ0v) is 60.2. The summed E-state index contributed by atoms with van der Waals surface area (Å²) in [6.45, 7) is 13.6. The fraction of sp³-hybridized carbons (Fsp3) is 0.0816. The van der Waals surface area contributed by atoms with Crippen LogP contribution in [-0.2, 0) is 10.8 Å².